The third-order valence-electron chi connectivity index (χ3n) is 3.73. The van der Waals surface area contributed by atoms with Crippen LogP contribution in [0.15, 0.2) is 0 Å². The Balaban J connectivity index is 6.43. The van der Waals surface area contributed by atoms with Crippen LogP contribution in [-0.4, -0.2) is 76.4 Å². The van der Waals surface area contributed by atoms with Gasteiger partial charge in [-0.2, -0.15) is 0 Å². The molecule has 1 N–H and O–H groups in total. The van der Waals surface area contributed by atoms with E-state index in [1.54, 1.807) is 0 Å². The SMILES string of the molecule is CC(=O)N[C@@H](C=O)[C@H](O[Si](C)(C)C)[C@H](O[Si](C)(C)C)[C@@H](CO[Si](C)(C)C)O[Si](C)(C)C. The van der Waals surface area contributed by atoms with Crippen molar-refractivity contribution in [1.29, 1.82) is 0 Å². The molecule has 0 aliphatic rings. The summed E-state index contributed by atoms with van der Waals surface area (Å²) in [5, 5.41) is 2.76. The highest BCUT2D eigenvalue weighted by Gasteiger charge is 2.43. The molecule has 0 saturated carbocycles. The van der Waals surface area contributed by atoms with Gasteiger partial charge in [-0.3, -0.25) is 4.79 Å². The van der Waals surface area contributed by atoms with Gasteiger partial charge < -0.3 is 27.8 Å². The second-order valence-corrected chi connectivity index (χ2v) is 29.8. The lowest BCUT2D eigenvalue weighted by molar-refractivity contribution is -0.127. The van der Waals surface area contributed by atoms with Crippen molar-refractivity contribution in [2.45, 2.75) is 110 Å². The van der Waals surface area contributed by atoms with Crippen LogP contribution in [0.2, 0.25) is 78.6 Å². The van der Waals surface area contributed by atoms with Crippen molar-refractivity contribution in [3.05, 3.63) is 0 Å². The first-order chi connectivity index (χ1) is 13.6. The summed E-state index contributed by atoms with van der Waals surface area (Å²) in [6.45, 7) is 27.0. The van der Waals surface area contributed by atoms with Crippen LogP contribution in [0.25, 0.3) is 0 Å². The van der Waals surface area contributed by atoms with E-state index in [9.17, 15) is 9.59 Å². The Morgan fingerprint density at radius 3 is 1.48 bits per heavy atom. The van der Waals surface area contributed by atoms with Crippen LogP contribution in [0.3, 0.4) is 0 Å². The molecule has 11 heteroatoms. The van der Waals surface area contributed by atoms with Crippen LogP contribution in [0.1, 0.15) is 6.92 Å². The Labute approximate surface area is 194 Å². The third-order valence-corrected chi connectivity index (χ3v) is 7.73. The molecule has 31 heavy (non-hydrogen) atoms. The fourth-order valence-electron chi connectivity index (χ4n) is 2.93. The van der Waals surface area contributed by atoms with E-state index in [-0.39, 0.29) is 5.91 Å². The van der Waals surface area contributed by atoms with Crippen LogP contribution in [0.5, 0.6) is 0 Å². The van der Waals surface area contributed by atoms with E-state index in [0.717, 1.165) is 6.29 Å². The average Bonchev–Trinajstić information content (AvgIpc) is 2.48. The molecule has 0 rings (SSSR count). The van der Waals surface area contributed by atoms with Gasteiger partial charge in [0.15, 0.2) is 33.3 Å². The lowest BCUT2D eigenvalue weighted by Gasteiger charge is -2.43. The minimum absolute atomic E-state index is 0.283. The maximum absolute atomic E-state index is 12.1. The molecule has 0 aromatic heterocycles. The highest BCUT2D eigenvalue weighted by Crippen LogP contribution is 2.26. The predicted octanol–water partition coefficient (Wildman–Crippen LogP) is 4.20. The molecule has 0 aromatic rings. The summed E-state index contributed by atoms with van der Waals surface area (Å²) in [5.41, 5.74) is 0. The highest BCUT2D eigenvalue weighted by atomic mass is 28.4. The number of aldehydes is 1. The topological polar surface area (TPSA) is 83.1 Å². The van der Waals surface area contributed by atoms with Gasteiger partial charge in [0, 0.05) is 6.92 Å². The van der Waals surface area contributed by atoms with Crippen molar-refractivity contribution in [3.63, 3.8) is 0 Å². The molecule has 0 bridgehead atoms. The molecular formula is C20H47NO6Si4. The predicted molar refractivity (Wildman–Crippen MR) is 138 cm³/mol. The summed E-state index contributed by atoms with van der Waals surface area (Å²) in [6.07, 6.45) is -0.852. The molecule has 0 aliphatic carbocycles. The number of carbonyl (C=O) groups excluding carboxylic acids is 2. The van der Waals surface area contributed by atoms with E-state index in [1.165, 1.54) is 6.92 Å². The second kappa shape index (κ2) is 11.8. The summed E-state index contributed by atoms with van der Waals surface area (Å²) in [4.78, 5) is 23.9. The lowest BCUT2D eigenvalue weighted by atomic mass is 10.0. The maximum atomic E-state index is 12.1. The molecule has 0 radical (unpaired) electrons. The van der Waals surface area contributed by atoms with Crippen molar-refractivity contribution < 1.29 is 27.3 Å². The summed E-state index contributed by atoms with van der Waals surface area (Å²) >= 11 is 0. The van der Waals surface area contributed by atoms with Crippen LogP contribution in [-0.2, 0) is 27.3 Å². The molecule has 0 aliphatic heterocycles. The summed E-state index contributed by atoms with van der Waals surface area (Å²) < 4.78 is 26.0. The van der Waals surface area contributed by atoms with Crippen LogP contribution >= 0.6 is 0 Å². The first-order valence-electron chi connectivity index (χ1n) is 11.0. The van der Waals surface area contributed by atoms with Gasteiger partial charge in [0.25, 0.3) is 0 Å². The van der Waals surface area contributed by atoms with Gasteiger partial charge in [-0.05, 0) is 78.6 Å². The molecule has 0 fully saturated rings. The largest absolute Gasteiger partial charge is 0.415 e. The third kappa shape index (κ3) is 15.3. The normalized spacial score (nSPS) is 17.6. The minimum Gasteiger partial charge on any atom is -0.415 e. The molecule has 4 atom stereocenters. The van der Waals surface area contributed by atoms with E-state index in [4.69, 9.17) is 17.7 Å². The quantitative estimate of drug-likeness (QED) is 0.279. The molecular weight excluding hydrogens is 463 g/mol. The van der Waals surface area contributed by atoms with E-state index in [0.29, 0.717) is 6.61 Å². The molecule has 184 valence electrons. The molecule has 0 aromatic carbocycles. The summed E-state index contributed by atoms with van der Waals surface area (Å²) in [5.74, 6) is -0.283. The van der Waals surface area contributed by atoms with E-state index >= 15 is 0 Å². The molecule has 0 saturated heterocycles. The Hall–Kier alpha value is -0.152. The Bertz CT molecular complexity index is 578. The van der Waals surface area contributed by atoms with Crippen LogP contribution < -0.4 is 5.32 Å². The number of hydrogen-bond acceptors (Lipinski definition) is 6. The zero-order valence-corrected chi connectivity index (χ0v) is 26.0. The van der Waals surface area contributed by atoms with E-state index in [2.05, 4.69) is 83.9 Å². The number of rotatable bonds is 14. The number of nitrogens with one attached hydrogen (secondary N) is 1. The van der Waals surface area contributed by atoms with E-state index < -0.39 is 57.6 Å². The van der Waals surface area contributed by atoms with Crippen molar-refractivity contribution in [1.82, 2.24) is 5.32 Å². The minimum atomic E-state index is -2.10. The van der Waals surface area contributed by atoms with Gasteiger partial charge >= 0.3 is 0 Å². The lowest BCUT2D eigenvalue weighted by Crippen LogP contribution is -2.61. The van der Waals surface area contributed by atoms with Gasteiger partial charge in [-0.25, -0.2) is 0 Å². The molecule has 0 heterocycles. The van der Waals surface area contributed by atoms with E-state index in [1.807, 2.05) is 0 Å². The fraction of sp³-hybridized carbons (Fsp3) is 0.900. The van der Waals surface area contributed by atoms with Crippen molar-refractivity contribution in [2.24, 2.45) is 0 Å². The first kappa shape index (κ1) is 30.8. The Kier molecular flexibility index (Phi) is 11.8. The van der Waals surface area contributed by atoms with Crippen molar-refractivity contribution >= 4 is 45.5 Å². The standard InChI is InChI=1S/C20H47NO6Si4/c1-16(23)21-17(14-22)19(26-30(8,9)10)20(27-31(11,12)13)18(25-29(5,6)7)15-24-28(2,3)4/h14,17-20H,15H2,1-13H3,(H,21,23)/t17-,18+,19-,20+/m0/s1. The van der Waals surface area contributed by atoms with Crippen LogP contribution in [0.4, 0.5) is 0 Å². The maximum Gasteiger partial charge on any atom is 0.217 e. The van der Waals surface area contributed by atoms with Gasteiger partial charge in [0.1, 0.15) is 12.3 Å². The summed E-state index contributed by atoms with van der Waals surface area (Å²) in [6, 6.07) is -0.829. The summed E-state index contributed by atoms with van der Waals surface area (Å²) in [7, 11) is -7.98. The number of hydrogen-bond donors (Lipinski definition) is 1. The second-order valence-electron chi connectivity index (χ2n) is 11.9. The fourth-order valence-corrected chi connectivity index (χ4v) is 6.90. The van der Waals surface area contributed by atoms with Gasteiger partial charge in [-0.1, -0.05) is 0 Å². The van der Waals surface area contributed by atoms with Gasteiger partial charge in [0.2, 0.25) is 5.91 Å². The molecule has 1 amide bonds. The zero-order valence-electron chi connectivity index (χ0n) is 22.0. The number of carbonyl (C=O) groups is 2. The smallest absolute Gasteiger partial charge is 0.217 e. The molecule has 7 nitrogen and oxygen atoms in total. The average molecular weight is 510 g/mol. The van der Waals surface area contributed by atoms with Gasteiger partial charge in [0.05, 0.1) is 24.9 Å². The van der Waals surface area contributed by atoms with Crippen molar-refractivity contribution in [3.8, 4) is 0 Å². The number of amides is 1. The molecule has 0 unspecified atom stereocenters. The Morgan fingerprint density at radius 1 is 0.742 bits per heavy atom. The zero-order chi connectivity index (χ0) is 24.8. The van der Waals surface area contributed by atoms with Gasteiger partial charge in [-0.15, -0.1) is 0 Å². The first-order valence-corrected chi connectivity index (χ1v) is 24.7. The van der Waals surface area contributed by atoms with Crippen molar-refractivity contribution in [2.75, 3.05) is 6.61 Å². The van der Waals surface area contributed by atoms with Crippen LogP contribution in [0, 0.1) is 0 Å². The molecule has 0 spiro atoms. The highest BCUT2D eigenvalue weighted by molar-refractivity contribution is 6.71. The monoisotopic (exact) mass is 509 g/mol. The Morgan fingerprint density at radius 2 is 1.16 bits per heavy atom.